The Hall–Kier alpha value is -0.830. The third-order valence-corrected chi connectivity index (χ3v) is 2.17. The molecule has 0 amide bonds. The van der Waals surface area contributed by atoms with Crippen LogP contribution in [0.25, 0.3) is 0 Å². The first-order chi connectivity index (χ1) is 6.22. The third kappa shape index (κ3) is 3.59. The average molecular weight is 198 g/mol. The second kappa shape index (κ2) is 5.02. The summed E-state index contributed by atoms with van der Waals surface area (Å²) in [5.74, 6) is 1.97. The standard InChI is InChI=1S/C10H14O2S/c1-8-5-9(11)7-10(6-8)12-3-4-13-2/h5-7,11H,3-4H2,1-2H3. The largest absolute Gasteiger partial charge is 0.508 e. The summed E-state index contributed by atoms with van der Waals surface area (Å²) in [5, 5.41) is 9.27. The molecule has 1 rings (SSSR count). The van der Waals surface area contributed by atoms with Gasteiger partial charge >= 0.3 is 0 Å². The molecular formula is C10H14O2S. The second-order valence-corrected chi connectivity index (χ2v) is 3.83. The summed E-state index contributed by atoms with van der Waals surface area (Å²) in [4.78, 5) is 0. The molecule has 1 N–H and O–H groups in total. The van der Waals surface area contributed by atoms with Gasteiger partial charge in [0.2, 0.25) is 0 Å². The lowest BCUT2D eigenvalue weighted by Crippen LogP contribution is -1.99. The fourth-order valence-electron chi connectivity index (χ4n) is 1.05. The highest BCUT2D eigenvalue weighted by atomic mass is 32.2. The van der Waals surface area contributed by atoms with E-state index in [-0.39, 0.29) is 5.75 Å². The topological polar surface area (TPSA) is 29.5 Å². The molecule has 0 spiro atoms. The first-order valence-electron chi connectivity index (χ1n) is 4.15. The molecule has 0 fully saturated rings. The van der Waals surface area contributed by atoms with Crippen LogP contribution in [0.5, 0.6) is 11.5 Å². The van der Waals surface area contributed by atoms with Crippen LogP contribution in [0.4, 0.5) is 0 Å². The third-order valence-electron chi connectivity index (χ3n) is 1.59. The van der Waals surface area contributed by atoms with Crippen LogP contribution in [0.3, 0.4) is 0 Å². The molecule has 3 heteroatoms. The van der Waals surface area contributed by atoms with Crippen LogP contribution < -0.4 is 4.74 Å². The Kier molecular flexibility index (Phi) is 3.96. The molecule has 0 aliphatic rings. The molecule has 0 saturated carbocycles. The van der Waals surface area contributed by atoms with Crippen LogP contribution in [0.2, 0.25) is 0 Å². The SMILES string of the molecule is CSCCOc1cc(C)cc(O)c1. The Morgan fingerprint density at radius 1 is 1.38 bits per heavy atom. The van der Waals surface area contributed by atoms with E-state index in [1.54, 1.807) is 23.9 Å². The summed E-state index contributed by atoms with van der Waals surface area (Å²) in [7, 11) is 0. The van der Waals surface area contributed by atoms with Crippen molar-refractivity contribution in [1.82, 2.24) is 0 Å². The lowest BCUT2D eigenvalue weighted by Gasteiger charge is -2.06. The molecule has 0 radical (unpaired) electrons. The molecule has 1 aromatic rings. The molecule has 0 atom stereocenters. The van der Waals surface area contributed by atoms with E-state index in [9.17, 15) is 5.11 Å². The van der Waals surface area contributed by atoms with E-state index in [0.29, 0.717) is 6.61 Å². The van der Waals surface area contributed by atoms with Gasteiger partial charge in [0.1, 0.15) is 11.5 Å². The molecular weight excluding hydrogens is 184 g/mol. The van der Waals surface area contributed by atoms with Gasteiger partial charge in [-0.2, -0.15) is 11.8 Å². The van der Waals surface area contributed by atoms with Crippen molar-refractivity contribution in [3.8, 4) is 11.5 Å². The van der Waals surface area contributed by atoms with Crippen molar-refractivity contribution in [2.24, 2.45) is 0 Å². The minimum absolute atomic E-state index is 0.263. The van der Waals surface area contributed by atoms with Crippen molar-refractivity contribution in [1.29, 1.82) is 0 Å². The van der Waals surface area contributed by atoms with Gasteiger partial charge in [-0.1, -0.05) is 0 Å². The molecule has 1 aromatic carbocycles. The summed E-state index contributed by atoms with van der Waals surface area (Å²) in [6.45, 7) is 2.62. The Morgan fingerprint density at radius 3 is 2.77 bits per heavy atom. The maximum absolute atomic E-state index is 9.27. The molecule has 72 valence electrons. The lowest BCUT2D eigenvalue weighted by molar-refractivity contribution is 0.341. The summed E-state index contributed by atoms with van der Waals surface area (Å²) in [6, 6.07) is 5.26. The molecule has 13 heavy (non-hydrogen) atoms. The highest BCUT2D eigenvalue weighted by molar-refractivity contribution is 7.98. The molecule has 0 unspecified atom stereocenters. The number of hydrogen-bond donors (Lipinski definition) is 1. The van der Waals surface area contributed by atoms with Crippen LogP contribution in [0.15, 0.2) is 18.2 Å². The number of benzene rings is 1. The number of ether oxygens (including phenoxy) is 1. The zero-order valence-corrected chi connectivity index (χ0v) is 8.73. The van der Waals surface area contributed by atoms with E-state index in [4.69, 9.17) is 4.74 Å². The van der Waals surface area contributed by atoms with Crippen molar-refractivity contribution in [3.63, 3.8) is 0 Å². The predicted octanol–water partition coefficient (Wildman–Crippen LogP) is 2.44. The number of phenols is 1. The minimum Gasteiger partial charge on any atom is -0.508 e. The van der Waals surface area contributed by atoms with Crippen molar-refractivity contribution < 1.29 is 9.84 Å². The molecule has 0 saturated heterocycles. The number of thioether (sulfide) groups is 1. The Morgan fingerprint density at radius 2 is 2.15 bits per heavy atom. The van der Waals surface area contributed by atoms with E-state index < -0.39 is 0 Å². The van der Waals surface area contributed by atoms with Gasteiger partial charge < -0.3 is 9.84 Å². The van der Waals surface area contributed by atoms with Crippen LogP contribution >= 0.6 is 11.8 Å². The summed E-state index contributed by atoms with van der Waals surface area (Å²) < 4.78 is 5.43. The maximum Gasteiger partial charge on any atom is 0.123 e. The summed E-state index contributed by atoms with van der Waals surface area (Å²) in [5.41, 5.74) is 1.01. The van der Waals surface area contributed by atoms with Crippen molar-refractivity contribution >= 4 is 11.8 Å². The summed E-state index contributed by atoms with van der Waals surface area (Å²) >= 11 is 1.74. The van der Waals surface area contributed by atoms with Crippen LogP contribution in [-0.4, -0.2) is 23.7 Å². The molecule has 0 bridgehead atoms. The van der Waals surface area contributed by atoms with Gasteiger partial charge in [-0.25, -0.2) is 0 Å². The molecule has 0 aliphatic heterocycles. The van der Waals surface area contributed by atoms with Gasteiger partial charge in [-0.3, -0.25) is 0 Å². The molecule has 2 nitrogen and oxygen atoms in total. The molecule has 0 aromatic heterocycles. The van der Waals surface area contributed by atoms with E-state index in [2.05, 4.69) is 0 Å². The first kappa shape index (κ1) is 10.3. The number of aryl methyl sites for hydroxylation is 1. The predicted molar refractivity (Wildman–Crippen MR) is 56.7 cm³/mol. The van der Waals surface area contributed by atoms with E-state index in [0.717, 1.165) is 17.1 Å². The zero-order valence-electron chi connectivity index (χ0n) is 7.91. The number of phenolic OH excluding ortho intramolecular Hbond substituents is 1. The van der Waals surface area contributed by atoms with Gasteiger partial charge in [0.05, 0.1) is 6.61 Å². The summed E-state index contributed by atoms with van der Waals surface area (Å²) in [6.07, 6.45) is 2.04. The van der Waals surface area contributed by atoms with Crippen LogP contribution in [0, 0.1) is 6.92 Å². The lowest BCUT2D eigenvalue weighted by atomic mass is 10.2. The highest BCUT2D eigenvalue weighted by Gasteiger charge is 1.97. The Balaban J connectivity index is 2.56. The highest BCUT2D eigenvalue weighted by Crippen LogP contribution is 2.21. The van der Waals surface area contributed by atoms with E-state index >= 15 is 0 Å². The van der Waals surface area contributed by atoms with E-state index in [1.807, 2.05) is 19.2 Å². The van der Waals surface area contributed by atoms with Gasteiger partial charge in [0.25, 0.3) is 0 Å². The van der Waals surface area contributed by atoms with Crippen molar-refractivity contribution in [2.75, 3.05) is 18.6 Å². The minimum atomic E-state index is 0.263. The normalized spacial score (nSPS) is 10.0. The fraction of sp³-hybridized carbons (Fsp3) is 0.400. The zero-order chi connectivity index (χ0) is 9.68. The fourth-order valence-corrected chi connectivity index (χ4v) is 1.30. The van der Waals surface area contributed by atoms with Crippen LogP contribution in [-0.2, 0) is 0 Å². The smallest absolute Gasteiger partial charge is 0.123 e. The van der Waals surface area contributed by atoms with Crippen LogP contribution in [0.1, 0.15) is 5.56 Å². The van der Waals surface area contributed by atoms with Gasteiger partial charge in [0, 0.05) is 11.8 Å². The number of aromatic hydroxyl groups is 1. The molecule has 0 aliphatic carbocycles. The number of rotatable bonds is 4. The Bertz CT molecular complexity index is 253. The monoisotopic (exact) mass is 198 g/mol. The van der Waals surface area contributed by atoms with E-state index in [1.165, 1.54) is 0 Å². The van der Waals surface area contributed by atoms with Crippen molar-refractivity contribution in [2.45, 2.75) is 6.92 Å². The second-order valence-electron chi connectivity index (χ2n) is 2.85. The van der Waals surface area contributed by atoms with Crippen molar-refractivity contribution in [3.05, 3.63) is 23.8 Å². The van der Waals surface area contributed by atoms with Gasteiger partial charge in [-0.15, -0.1) is 0 Å². The quantitative estimate of drug-likeness (QED) is 0.753. The van der Waals surface area contributed by atoms with Gasteiger partial charge in [-0.05, 0) is 30.9 Å². The first-order valence-corrected chi connectivity index (χ1v) is 5.54. The molecule has 0 heterocycles. The van der Waals surface area contributed by atoms with Gasteiger partial charge in [0.15, 0.2) is 0 Å². The maximum atomic E-state index is 9.27. The Labute approximate surface area is 82.9 Å². The average Bonchev–Trinajstić information content (AvgIpc) is 2.03. The number of hydrogen-bond acceptors (Lipinski definition) is 3.